The van der Waals surface area contributed by atoms with Crippen molar-refractivity contribution >= 4 is 109 Å². The van der Waals surface area contributed by atoms with Gasteiger partial charge in [-0.2, -0.15) is 0 Å². The molecule has 0 radical (unpaired) electrons. The summed E-state index contributed by atoms with van der Waals surface area (Å²) < 4.78 is 14.4. The molecule has 0 aliphatic carbocycles. The molecule has 0 atom stereocenters. The first-order valence-corrected chi connectivity index (χ1v) is 23.4. The van der Waals surface area contributed by atoms with Crippen molar-refractivity contribution < 1.29 is 8.83 Å². The van der Waals surface area contributed by atoms with Crippen molar-refractivity contribution in [2.45, 2.75) is 0 Å². The maximum Gasteiger partial charge on any atom is 0.143 e. The van der Waals surface area contributed by atoms with Gasteiger partial charge in [-0.1, -0.05) is 200 Å². The zero-order valence-electron chi connectivity index (χ0n) is 36.8. The molecule has 0 saturated heterocycles. The number of furan rings is 2. The van der Waals surface area contributed by atoms with Crippen molar-refractivity contribution in [1.29, 1.82) is 0 Å². The standard InChI is InChI=1S/C66H38O2/c1-2-19-40(20-3-1)58-44-22-6-10-26-48(44)61(49-27-11-7-23-45(49)58)54-37-43-38-55(66-64(53-31-15-17-33-57(53)68-66)60(43)63-52-30-14-16-32-56(52)67-65(54)63)62-50-28-12-8-24-46(50)59(47-25-9-13-29-51(47)62)42-35-34-39-18-4-5-21-41(39)36-42/h1-38H. The van der Waals surface area contributed by atoms with E-state index < -0.39 is 0 Å². The second-order valence-corrected chi connectivity index (χ2v) is 18.2. The van der Waals surface area contributed by atoms with Gasteiger partial charge in [0.25, 0.3) is 0 Å². The van der Waals surface area contributed by atoms with Crippen LogP contribution in [0.3, 0.4) is 0 Å². The highest BCUT2D eigenvalue weighted by atomic mass is 16.3. The molecule has 0 saturated carbocycles. The number of rotatable bonds is 4. The highest BCUT2D eigenvalue weighted by molar-refractivity contribution is 6.37. The highest BCUT2D eigenvalue weighted by Gasteiger charge is 2.27. The van der Waals surface area contributed by atoms with Crippen LogP contribution in [0.25, 0.3) is 153 Å². The zero-order chi connectivity index (χ0) is 44.5. The Kier molecular flexibility index (Phi) is 7.81. The van der Waals surface area contributed by atoms with E-state index in [-0.39, 0.29) is 0 Å². The summed E-state index contributed by atoms with van der Waals surface area (Å²) in [6, 6.07) is 83.9. The van der Waals surface area contributed by atoms with E-state index in [0.717, 1.165) is 76.9 Å². The molecular weight excluding hydrogens is 825 g/mol. The van der Waals surface area contributed by atoms with E-state index >= 15 is 0 Å². The minimum absolute atomic E-state index is 0.858. The summed E-state index contributed by atoms with van der Waals surface area (Å²) in [5.41, 5.74) is 12.8. The number of hydrogen-bond acceptors (Lipinski definition) is 2. The Bertz CT molecular complexity index is 4490. The summed E-state index contributed by atoms with van der Waals surface area (Å²) in [4.78, 5) is 0. The lowest BCUT2D eigenvalue weighted by Crippen LogP contribution is -1.93. The third-order valence-electron chi connectivity index (χ3n) is 14.6. The van der Waals surface area contributed by atoms with E-state index in [1.807, 2.05) is 0 Å². The van der Waals surface area contributed by atoms with Crippen LogP contribution in [0, 0.1) is 0 Å². The van der Waals surface area contributed by atoms with E-state index in [1.165, 1.54) is 76.1 Å². The van der Waals surface area contributed by atoms with Crippen LogP contribution in [0.5, 0.6) is 0 Å². The molecule has 15 rings (SSSR count). The van der Waals surface area contributed by atoms with Crippen LogP contribution in [0.2, 0.25) is 0 Å². The predicted molar refractivity (Wildman–Crippen MR) is 288 cm³/mol. The molecule has 0 amide bonds. The Morgan fingerprint density at radius 3 is 1.06 bits per heavy atom. The fraction of sp³-hybridized carbons (Fsp3) is 0. The molecule has 0 unspecified atom stereocenters. The molecule has 0 aliphatic rings. The van der Waals surface area contributed by atoms with Crippen molar-refractivity contribution in [1.82, 2.24) is 0 Å². The molecule has 0 spiro atoms. The summed E-state index contributed by atoms with van der Waals surface area (Å²) in [7, 11) is 0. The van der Waals surface area contributed by atoms with Gasteiger partial charge in [-0.15, -0.1) is 0 Å². The van der Waals surface area contributed by atoms with E-state index in [2.05, 4.69) is 231 Å². The Hall–Kier alpha value is -8.98. The first kappa shape index (κ1) is 37.3. The smallest absolute Gasteiger partial charge is 0.143 e. The summed E-state index contributed by atoms with van der Waals surface area (Å²) in [6.45, 7) is 0. The second-order valence-electron chi connectivity index (χ2n) is 18.2. The Balaban J connectivity index is 1.13. The fourth-order valence-corrected chi connectivity index (χ4v) is 11.8. The van der Waals surface area contributed by atoms with Gasteiger partial charge in [0, 0.05) is 49.2 Å². The topological polar surface area (TPSA) is 26.3 Å². The van der Waals surface area contributed by atoms with Gasteiger partial charge in [0.2, 0.25) is 0 Å². The minimum atomic E-state index is 0.858. The van der Waals surface area contributed by atoms with Crippen LogP contribution < -0.4 is 0 Å². The van der Waals surface area contributed by atoms with E-state index in [1.54, 1.807) is 0 Å². The quantitative estimate of drug-likeness (QED) is 0.165. The summed E-state index contributed by atoms with van der Waals surface area (Å²) in [6.07, 6.45) is 0. The molecule has 15 aromatic rings. The predicted octanol–water partition coefficient (Wildman–Crippen LogP) is 19.1. The van der Waals surface area contributed by atoms with Crippen LogP contribution >= 0.6 is 0 Å². The van der Waals surface area contributed by atoms with Gasteiger partial charge in [-0.05, 0) is 112 Å². The molecular formula is C66H38O2. The van der Waals surface area contributed by atoms with Crippen molar-refractivity contribution in [2.24, 2.45) is 0 Å². The normalized spacial score (nSPS) is 12.1. The maximum absolute atomic E-state index is 7.20. The average molecular weight is 863 g/mol. The molecule has 314 valence electrons. The monoisotopic (exact) mass is 862 g/mol. The van der Waals surface area contributed by atoms with Crippen LogP contribution in [-0.4, -0.2) is 0 Å². The highest BCUT2D eigenvalue weighted by Crippen LogP contribution is 2.53. The van der Waals surface area contributed by atoms with Crippen molar-refractivity contribution in [3.8, 4) is 44.5 Å². The Labute approximate surface area is 390 Å². The number of hydrogen-bond donors (Lipinski definition) is 0. The molecule has 2 nitrogen and oxygen atoms in total. The lowest BCUT2D eigenvalue weighted by molar-refractivity contribution is 0.670. The van der Waals surface area contributed by atoms with Crippen molar-refractivity contribution in [3.63, 3.8) is 0 Å². The fourth-order valence-electron chi connectivity index (χ4n) is 11.8. The Morgan fingerprint density at radius 1 is 0.221 bits per heavy atom. The van der Waals surface area contributed by atoms with Crippen LogP contribution in [-0.2, 0) is 0 Å². The van der Waals surface area contributed by atoms with Crippen LogP contribution in [0.1, 0.15) is 0 Å². The van der Waals surface area contributed by atoms with Crippen LogP contribution in [0.4, 0.5) is 0 Å². The lowest BCUT2D eigenvalue weighted by Gasteiger charge is -2.20. The molecule has 2 heterocycles. The molecule has 0 fully saturated rings. The summed E-state index contributed by atoms with van der Waals surface area (Å²) in [5.74, 6) is 0. The minimum Gasteiger partial charge on any atom is -0.455 e. The van der Waals surface area contributed by atoms with Crippen molar-refractivity contribution in [3.05, 3.63) is 231 Å². The molecule has 0 bridgehead atoms. The Morgan fingerprint density at radius 2 is 0.588 bits per heavy atom. The van der Waals surface area contributed by atoms with E-state index in [9.17, 15) is 0 Å². The first-order chi connectivity index (χ1) is 33.8. The lowest BCUT2D eigenvalue weighted by atomic mass is 9.83. The third-order valence-corrected chi connectivity index (χ3v) is 14.6. The summed E-state index contributed by atoms with van der Waals surface area (Å²) in [5, 5.41) is 18.6. The molecule has 68 heavy (non-hydrogen) atoms. The average Bonchev–Trinajstić information content (AvgIpc) is 3.99. The number of benzene rings is 13. The largest absolute Gasteiger partial charge is 0.455 e. The van der Waals surface area contributed by atoms with Gasteiger partial charge in [0.15, 0.2) is 0 Å². The van der Waals surface area contributed by atoms with Crippen molar-refractivity contribution in [2.75, 3.05) is 0 Å². The van der Waals surface area contributed by atoms with Gasteiger partial charge >= 0.3 is 0 Å². The number of para-hydroxylation sites is 2. The van der Waals surface area contributed by atoms with Gasteiger partial charge < -0.3 is 8.83 Å². The van der Waals surface area contributed by atoms with E-state index in [4.69, 9.17) is 8.83 Å². The first-order valence-electron chi connectivity index (χ1n) is 23.4. The second kappa shape index (κ2) is 14.3. The van der Waals surface area contributed by atoms with Gasteiger partial charge in [-0.25, -0.2) is 0 Å². The van der Waals surface area contributed by atoms with Gasteiger partial charge in [-0.3, -0.25) is 0 Å². The number of fused-ring (bicyclic) bond motifs is 14. The van der Waals surface area contributed by atoms with Crippen LogP contribution in [0.15, 0.2) is 239 Å². The van der Waals surface area contributed by atoms with E-state index in [0.29, 0.717) is 0 Å². The van der Waals surface area contributed by atoms with Gasteiger partial charge in [0.1, 0.15) is 22.3 Å². The zero-order valence-corrected chi connectivity index (χ0v) is 36.8. The van der Waals surface area contributed by atoms with Gasteiger partial charge in [0.05, 0.1) is 0 Å². The maximum atomic E-state index is 7.20. The third kappa shape index (κ3) is 5.23. The molecule has 13 aromatic carbocycles. The SMILES string of the molecule is c1ccc(-c2c3ccccc3c(-c3cc4cc(-c5c6ccccc6c(-c6ccc7ccccc7c6)c6ccccc56)c5oc6ccccc6c5c4c4c3oc3ccccc34)c3ccccc23)cc1. The molecule has 2 aromatic heterocycles. The molecule has 0 N–H and O–H groups in total. The summed E-state index contributed by atoms with van der Waals surface area (Å²) >= 11 is 0. The molecule has 2 heteroatoms. The molecule has 0 aliphatic heterocycles.